The number of aromatic nitrogens is 1. The van der Waals surface area contributed by atoms with Gasteiger partial charge >= 0.3 is 0 Å². The average molecular weight is 614 g/mol. The van der Waals surface area contributed by atoms with Crippen molar-refractivity contribution in [2.24, 2.45) is 5.41 Å². The largest absolute Gasteiger partial charge is 0.356 e. The van der Waals surface area contributed by atoms with E-state index in [-0.39, 0.29) is 42.2 Å². The lowest BCUT2D eigenvalue weighted by atomic mass is 9.81. The van der Waals surface area contributed by atoms with Crippen LogP contribution in [0, 0.1) is 5.41 Å². The van der Waals surface area contributed by atoms with Gasteiger partial charge in [-0.3, -0.25) is 14.4 Å². The van der Waals surface area contributed by atoms with Gasteiger partial charge in [0.25, 0.3) is 0 Å². The number of carbonyl (C=O) groups is 3. The van der Waals surface area contributed by atoms with E-state index in [1.807, 2.05) is 78.9 Å². The van der Waals surface area contributed by atoms with Crippen molar-refractivity contribution in [2.45, 2.75) is 63.8 Å². The number of benzene rings is 3. The van der Waals surface area contributed by atoms with Gasteiger partial charge in [-0.1, -0.05) is 92.7 Å². The van der Waals surface area contributed by atoms with E-state index < -0.39 is 23.5 Å². The quantitative estimate of drug-likeness (QED) is 0.240. The van der Waals surface area contributed by atoms with Gasteiger partial charge in [0, 0.05) is 23.0 Å². The number of H-pyrrole nitrogens is 1. The Morgan fingerprint density at radius 2 is 1.52 bits per heavy atom. The fourth-order valence-electron chi connectivity index (χ4n) is 6.88. The number of fused-ring (bicyclic) bond motifs is 5. The molecule has 2 aliphatic heterocycles. The van der Waals surface area contributed by atoms with Crippen molar-refractivity contribution in [3.8, 4) is 0 Å². The molecule has 6 rings (SSSR count). The molecule has 4 aromatic rings. The summed E-state index contributed by atoms with van der Waals surface area (Å²) in [5.41, 5.74) is 4.32. The van der Waals surface area contributed by atoms with Crippen molar-refractivity contribution in [1.29, 1.82) is 0 Å². The molecular weight excluding hydrogens is 574 g/mol. The molecule has 3 heterocycles. The second-order valence-corrected chi connectivity index (χ2v) is 12.5. The van der Waals surface area contributed by atoms with Crippen molar-refractivity contribution < 1.29 is 14.4 Å². The first-order valence-electron chi connectivity index (χ1n) is 15.0. The maximum Gasteiger partial charge on any atom is 0.246 e. The van der Waals surface area contributed by atoms with Gasteiger partial charge in [-0.15, -0.1) is 12.4 Å². The van der Waals surface area contributed by atoms with Crippen LogP contribution in [0.3, 0.4) is 0 Å². The molecule has 3 amide bonds. The van der Waals surface area contributed by atoms with Crippen LogP contribution in [0.2, 0.25) is 0 Å². The van der Waals surface area contributed by atoms with E-state index in [0.717, 1.165) is 33.3 Å². The van der Waals surface area contributed by atoms with Gasteiger partial charge in [-0.2, -0.15) is 0 Å². The molecule has 1 aromatic heterocycles. The Morgan fingerprint density at radius 1 is 0.932 bits per heavy atom. The predicted octanol–water partition coefficient (Wildman–Crippen LogP) is 4.81. The highest BCUT2D eigenvalue weighted by Crippen LogP contribution is 2.50. The molecule has 3 unspecified atom stereocenters. The zero-order chi connectivity index (χ0) is 30.3. The van der Waals surface area contributed by atoms with Gasteiger partial charge in [-0.05, 0) is 48.6 Å². The van der Waals surface area contributed by atoms with Gasteiger partial charge in [0.15, 0.2) is 0 Å². The third-order valence-electron chi connectivity index (χ3n) is 9.16. The molecule has 0 saturated carbocycles. The van der Waals surface area contributed by atoms with Crippen LogP contribution >= 0.6 is 12.4 Å². The zero-order valence-electron chi connectivity index (χ0n) is 25.5. The van der Waals surface area contributed by atoms with E-state index in [2.05, 4.69) is 40.8 Å². The third kappa shape index (κ3) is 5.60. The lowest BCUT2D eigenvalue weighted by molar-refractivity contribution is -0.145. The molecule has 0 spiro atoms. The minimum Gasteiger partial charge on any atom is -0.356 e. The van der Waals surface area contributed by atoms with E-state index in [1.165, 1.54) is 0 Å². The monoisotopic (exact) mass is 613 g/mol. The van der Waals surface area contributed by atoms with Crippen LogP contribution in [0.15, 0.2) is 84.9 Å². The number of carbonyl (C=O) groups excluding carboxylic acids is 3. The molecule has 4 atom stereocenters. The Kier molecular flexibility index (Phi) is 8.86. The average Bonchev–Trinajstić information content (AvgIpc) is 3.50. The van der Waals surface area contributed by atoms with Crippen molar-refractivity contribution in [3.63, 3.8) is 0 Å². The predicted molar refractivity (Wildman–Crippen MR) is 174 cm³/mol. The van der Waals surface area contributed by atoms with Crippen LogP contribution in [0.5, 0.6) is 0 Å². The van der Waals surface area contributed by atoms with E-state index in [4.69, 9.17) is 0 Å². The molecule has 3 aromatic carbocycles. The number of nitrogens with zero attached hydrogens (tertiary/aromatic N) is 1. The fourth-order valence-corrected chi connectivity index (χ4v) is 6.88. The molecule has 44 heavy (non-hydrogen) atoms. The van der Waals surface area contributed by atoms with Gasteiger partial charge in [0.05, 0.1) is 18.1 Å². The molecule has 2 aliphatic rings. The number of aromatic amines is 1. The van der Waals surface area contributed by atoms with Crippen molar-refractivity contribution >= 4 is 41.0 Å². The molecule has 0 aliphatic carbocycles. The van der Waals surface area contributed by atoms with E-state index in [0.29, 0.717) is 12.8 Å². The molecule has 1 fully saturated rings. The Morgan fingerprint density at radius 3 is 2.14 bits per heavy atom. The summed E-state index contributed by atoms with van der Waals surface area (Å²) in [4.78, 5) is 47.4. The summed E-state index contributed by atoms with van der Waals surface area (Å²) in [5.74, 6) is -0.711. The first-order valence-corrected chi connectivity index (χ1v) is 15.0. The van der Waals surface area contributed by atoms with Crippen LogP contribution in [0.4, 0.5) is 0 Å². The summed E-state index contributed by atoms with van der Waals surface area (Å²) >= 11 is 0. The number of hydrogen-bond acceptors (Lipinski definition) is 4. The molecular formula is C35H40ClN5O3. The van der Waals surface area contributed by atoms with Gasteiger partial charge in [-0.25, -0.2) is 0 Å². The fraction of sp³-hybridized carbons (Fsp3) is 0.343. The lowest BCUT2D eigenvalue weighted by Crippen LogP contribution is -2.57. The van der Waals surface area contributed by atoms with E-state index in [1.54, 1.807) is 18.9 Å². The standard InChI is InChI=1S/C35H39N5O3.ClH/c1-21(36-4)32(41)38-27-19-25-24-17-11-12-18-26(24)37-30(25)28-20-35(2,3)31(40(28)34(27)43)33(42)39-29(22-13-7-5-8-14-22)23-15-9-6-10-16-23;/h5-18,21,27-29,31,36-37H,19-20H2,1-4H3,(H,38,41)(H,39,42);1H/t21-,27?,28?,31?;/m0./s1. The maximum atomic E-state index is 14.5. The lowest BCUT2D eigenvalue weighted by Gasteiger charge is -2.35. The number of likely N-dealkylation sites (N-methyl/N-ethyl adjacent to an activating group) is 1. The first kappa shape index (κ1) is 31.3. The van der Waals surface area contributed by atoms with E-state index >= 15 is 0 Å². The number of amides is 3. The van der Waals surface area contributed by atoms with Crippen molar-refractivity contribution in [2.75, 3.05) is 7.05 Å². The minimum absolute atomic E-state index is 0. The summed E-state index contributed by atoms with van der Waals surface area (Å²) in [6, 6.07) is 25.1. The maximum absolute atomic E-state index is 14.5. The first-order chi connectivity index (χ1) is 20.7. The zero-order valence-corrected chi connectivity index (χ0v) is 26.3. The minimum atomic E-state index is -0.811. The summed E-state index contributed by atoms with van der Waals surface area (Å²) in [5, 5.41) is 10.3. The smallest absolute Gasteiger partial charge is 0.246 e. The normalized spacial score (nSPS) is 21.2. The van der Waals surface area contributed by atoms with Crippen LogP contribution in [0.25, 0.3) is 10.9 Å². The highest BCUT2D eigenvalue weighted by molar-refractivity contribution is 5.96. The highest BCUT2D eigenvalue weighted by atomic mass is 35.5. The summed E-state index contributed by atoms with van der Waals surface area (Å²) in [6.45, 7) is 5.87. The number of hydrogen-bond donors (Lipinski definition) is 4. The Hall–Kier alpha value is -4.14. The molecule has 230 valence electrons. The topological polar surface area (TPSA) is 106 Å². The molecule has 0 radical (unpaired) electrons. The second-order valence-electron chi connectivity index (χ2n) is 12.5. The highest BCUT2D eigenvalue weighted by Gasteiger charge is 2.56. The Balaban J connectivity index is 0.00000384. The van der Waals surface area contributed by atoms with Crippen LogP contribution in [-0.2, 0) is 20.8 Å². The molecule has 4 N–H and O–H groups in total. The molecule has 0 bridgehead atoms. The van der Waals surface area contributed by atoms with Crippen molar-refractivity contribution in [3.05, 3.63) is 107 Å². The SMILES string of the molecule is CN[C@@H](C)C(=O)NC1Cc2c([nH]c3ccccc23)C2CC(C)(C)C(C(=O)NC(c3ccccc3)c3ccccc3)N2C1=O.Cl. The molecule has 9 heteroatoms. The van der Waals surface area contributed by atoms with Crippen LogP contribution < -0.4 is 16.0 Å². The van der Waals surface area contributed by atoms with Gasteiger partial charge in [0.2, 0.25) is 17.7 Å². The summed E-state index contributed by atoms with van der Waals surface area (Å²) < 4.78 is 0. The number of rotatable bonds is 7. The van der Waals surface area contributed by atoms with Crippen LogP contribution in [-0.4, -0.2) is 52.8 Å². The third-order valence-corrected chi connectivity index (χ3v) is 9.16. The molecule has 1 saturated heterocycles. The number of halogens is 1. The van der Waals surface area contributed by atoms with Crippen LogP contribution in [0.1, 0.15) is 61.7 Å². The van der Waals surface area contributed by atoms with Crippen molar-refractivity contribution in [1.82, 2.24) is 25.8 Å². The number of nitrogens with one attached hydrogen (secondary N) is 4. The van der Waals surface area contributed by atoms with Gasteiger partial charge in [0.1, 0.15) is 12.1 Å². The molecule has 8 nitrogen and oxygen atoms in total. The Bertz CT molecular complexity index is 1620. The van der Waals surface area contributed by atoms with Gasteiger partial charge < -0.3 is 25.8 Å². The Labute approximate surface area is 264 Å². The van der Waals surface area contributed by atoms with E-state index in [9.17, 15) is 14.4 Å². The summed E-state index contributed by atoms with van der Waals surface area (Å²) in [7, 11) is 1.71. The number of para-hydroxylation sites is 1. The second kappa shape index (κ2) is 12.5. The summed E-state index contributed by atoms with van der Waals surface area (Å²) in [6.07, 6.45) is 0.949.